The smallest absolute Gasteiger partial charge is 0.293 e. The van der Waals surface area contributed by atoms with Gasteiger partial charge in [0.05, 0.1) is 11.2 Å². The van der Waals surface area contributed by atoms with E-state index in [-0.39, 0.29) is 11.3 Å². The van der Waals surface area contributed by atoms with Crippen molar-refractivity contribution < 1.29 is 18.0 Å². The number of amides is 1. The largest absolute Gasteiger partial charge is 0.438 e. The van der Waals surface area contributed by atoms with Gasteiger partial charge in [-0.2, -0.15) is 4.39 Å². The van der Waals surface area contributed by atoms with E-state index in [9.17, 15) is 18.4 Å². The Labute approximate surface area is 186 Å². The second kappa shape index (κ2) is 8.24. The SMILES string of the molecule is CNC(=O)c1ccc(N2CCN(Cc3cc4[nH]c(=O)c5ocnc5c4cc3F)CC2)c(F)n1. The summed E-state index contributed by atoms with van der Waals surface area (Å²) in [6.45, 7) is 2.53. The van der Waals surface area contributed by atoms with Crippen molar-refractivity contribution in [2.45, 2.75) is 6.54 Å². The molecule has 0 unspecified atom stereocenters. The number of carbonyl (C=O) groups excluding carboxylic acids is 1. The lowest BCUT2D eigenvalue weighted by molar-refractivity contribution is 0.0957. The molecule has 0 saturated carbocycles. The molecular weight excluding hydrogens is 434 g/mol. The van der Waals surface area contributed by atoms with Crippen LogP contribution in [0.1, 0.15) is 16.1 Å². The highest BCUT2D eigenvalue weighted by Crippen LogP contribution is 2.25. The minimum Gasteiger partial charge on any atom is -0.438 e. The first kappa shape index (κ1) is 21.0. The fourth-order valence-corrected chi connectivity index (χ4v) is 4.12. The zero-order valence-corrected chi connectivity index (χ0v) is 17.7. The van der Waals surface area contributed by atoms with Crippen molar-refractivity contribution in [2.24, 2.45) is 0 Å². The van der Waals surface area contributed by atoms with Crippen LogP contribution in [0, 0.1) is 11.8 Å². The minimum absolute atomic E-state index is 0.0186. The number of benzene rings is 1. The number of nitrogens with zero attached hydrogens (tertiary/aromatic N) is 4. The van der Waals surface area contributed by atoms with Crippen LogP contribution in [0.15, 0.2) is 39.9 Å². The fraction of sp³-hybridized carbons (Fsp3) is 0.273. The monoisotopic (exact) mass is 454 g/mol. The molecular formula is C22H20F2N6O3. The van der Waals surface area contributed by atoms with Gasteiger partial charge in [-0.25, -0.2) is 14.4 Å². The van der Waals surface area contributed by atoms with Crippen molar-refractivity contribution in [1.82, 2.24) is 25.2 Å². The number of carbonyl (C=O) groups is 1. The van der Waals surface area contributed by atoms with Gasteiger partial charge >= 0.3 is 0 Å². The normalized spacial score (nSPS) is 14.8. The number of aromatic nitrogens is 3. The molecule has 1 fully saturated rings. The first-order valence-corrected chi connectivity index (χ1v) is 10.4. The van der Waals surface area contributed by atoms with Crippen LogP contribution in [0.25, 0.3) is 22.0 Å². The summed E-state index contributed by atoms with van der Waals surface area (Å²) >= 11 is 0. The van der Waals surface area contributed by atoms with Crippen LogP contribution in [-0.2, 0) is 6.54 Å². The number of piperazine rings is 1. The summed E-state index contributed by atoms with van der Waals surface area (Å²) in [6, 6.07) is 6.01. The third kappa shape index (κ3) is 3.80. The maximum Gasteiger partial charge on any atom is 0.293 e. The van der Waals surface area contributed by atoms with Crippen molar-refractivity contribution >= 4 is 33.6 Å². The van der Waals surface area contributed by atoms with Gasteiger partial charge in [-0.3, -0.25) is 14.5 Å². The highest BCUT2D eigenvalue weighted by Gasteiger charge is 2.22. The molecule has 0 radical (unpaired) electrons. The number of pyridine rings is 2. The van der Waals surface area contributed by atoms with Crippen LogP contribution in [-0.4, -0.2) is 59.0 Å². The standard InChI is InChI=1S/C22H20F2N6O3/c1-25-21(31)15-2-3-17(20(24)27-15)30-6-4-29(5-7-30)10-12-8-16-13(9-14(12)23)18-19(22(32)28-16)33-11-26-18/h2-3,8-9,11H,4-7,10H2,1H3,(H,25,31)(H,28,32). The van der Waals surface area contributed by atoms with E-state index >= 15 is 0 Å². The number of hydrogen-bond acceptors (Lipinski definition) is 7. The van der Waals surface area contributed by atoms with Gasteiger partial charge < -0.3 is 19.6 Å². The van der Waals surface area contributed by atoms with Gasteiger partial charge in [-0.15, -0.1) is 0 Å². The lowest BCUT2D eigenvalue weighted by Gasteiger charge is -2.36. The average Bonchev–Trinajstić information content (AvgIpc) is 3.31. The number of anilines is 1. The summed E-state index contributed by atoms with van der Waals surface area (Å²) < 4.78 is 34.4. The maximum atomic E-state index is 14.9. The van der Waals surface area contributed by atoms with Gasteiger partial charge in [0.1, 0.15) is 17.0 Å². The summed E-state index contributed by atoms with van der Waals surface area (Å²) in [5.41, 5.74) is 1.25. The minimum atomic E-state index is -0.701. The molecule has 9 nitrogen and oxygen atoms in total. The summed E-state index contributed by atoms with van der Waals surface area (Å²) in [5, 5.41) is 2.89. The van der Waals surface area contributed by atoms with E-state index in [1.165, 1.54) is 19.2 Å². The Morgan fingerprint density at radius 2 is 2.00 bits per heavy atom. The van der Waals surface area contributed by atoms with Gasteiger partial charge in [0.15, 0.2) is 6.39 Å². The molecule has 5 rings (SSSR count). The summed E-state index contributed by atoms with van der Waals surface area (Å²) in [4.78, 5) is 38.2. The second-order valence-corrected chi connectivity index (χ2v) is 7.82. The molecule has 0 bridgehead atoms. The Morgan fingerprint density at radius 1 is 1.21 bits per heavy atom. The number of oxazole rings is 1. The van der Waals surface area contributed by atoms with E-state index in [0.717, 1.165) is 6.39 Å². The quantitative estimate of drug-likeness (QED) is 0.455. The average molecular weight is 454 g/mol. The highest BCUT2D eigenvalue weighted by atomic mass is 19.1. The predicted octanol–water partition coefficient (Wildman–Crippen LogP) is 2.02. The molecule has 11 heteroatoms. The summed E-state index contributed by atoms with van der Waals surface area (Å²) in [7, 11) is 1.46. The van der Waals surface area contributed by atoms with Crippen LogP contribution in [0.5, 0.6) is 0 Å². The van der Waals surface area contributed by atoms with E-state index in [0.29, 0.717) is 60.4 Å². The molecule has 1 saturated heterocycles. The Bertz CT molecular complexity index is 1430. The molecule has 170 valence electrons. The van der Waals surface area contributed by atoms with Crippen LogP contribution in [0.2, 0.25) is 0 Å². The van der Waals surface area contributed by atoms with Gasteiger partial charge in [0.25, 0.3) is 11.5 Å². The van der Waals surface area contributed by atoms with Gasteiger partial charge in [-0.1, -0.05) is 0 Å². The Balaban J connectivity index is 1.31. The van der Waals surface area contributed by atoms with Crippen molar-refractivity contribution in [3.8, 4) is 0 Å². The zero-order chi connectivity index (χ0) is 23.1. The molecule has 1 aromatic carbocycles. The van der Waals surface area contributed by atoms with E-state index in [1.807, 2.05) is 4.90 Å². The van der Waals surface area contributed by atoms with Crippen LogP contribution in [0.4, 0.5) is 14.5 Å². The molecule has 1 amide bonds. The topological polar surface area (TPSA) is 107 Å². The molecule has 33 heavy (non-hydrogen) atoms. The molecule has 3 aromatic heterocycles. The molecule has 0 aliphatic carbocycles. The highest BCUT2D eigenvalue weighted by molar-refractivity contribution is 6.00. The molecule has 0 atom stereocenters. The molecule has 2 N–H and O–H groups in total. The number of H-pyrrole nitrogens is 1. The summed E-state index contributed by atoms with van der Waals surface area (Å²) in [5.74, 6) is -1.55. The van der Waals surface area contributed by atoms with Crippen molar-refractivity contribution in [3.63, 3.8) is 0 Å². The third-order valence-corrected chi connectivity index (χ3v) is 5.86. The second-order valence-electron chi connectivity index (χ2n) is 7.82. The Hall–Kier alpha value is -3.86. The third-order valence-electron chi connectivity index (χ3n) is 5.86. The molecule has 1 aliphatic rings. The first-order chi connectivity index (χ1) is 15.9. The molecule has 4 aromatic rings. The molecule has 1 aliphatic heterocycles. The van der Waals surface area contributed by atoms with E-state index in [2.05, 4.69) is 25.2 Å². The summed E-state index contributed by atoms with van der Waals surface area (Å²) in [6.07, 6.45) is 1.16. The van der Waals surface area contributed by atoms with Crippen LogP contribution in [0.3, 0.4) is 0 Å². The van der Waals surface area contributed by atoms with Crippen molar-refractivity contribution in [2.75, 3.05) is 38.1 Å². The van der Waals surface area contributed by atoms with Crippen LogP contribution >= 0.6 is 0 Å². The van der Waals surface area contributed by atoms with Crippen molar-refractivity contribution in [1.29, 1.82) is 0 Å². The molecule has 4 heterocycles. The van der Waals surface area contributed by atoms with Gasteiger partial charge in [-0.05, 0) is 24.3 Å². The van der Waals surface area contributed by atoms with Crippen LogP contribution < -0.4 is 15.8 Å². The van der Waals surface area contributed by atoms with E-state index < -0.39 is 23.2 Å². The maximum absolute atomic E-state index is 14.9. The molecule has 0 spiro atoms. The lowest BCUT2D eigenvalue weighted by atomic mass is 10.1. The zero-order valence-electron chi connectivity index (χ0n) is 17.7. The Kier molecular flexibility index (Phi) is 5.25. The lowest BCUT2D eigenvalue weighted by Crippen LogP contribution is -2.46. The predicted molar refractivity (Wildman–Crippen MR) is 117 cm³/mol. The number of rotatable bonds is 4. The number of hydrogen-bond donors (Lipinski definition) is 2. The first-order valence-electron chi connectivity index (χ1n) is 10.4. The van der Waals surface area contributed by atoms with E-state index in [1.54, 1.807) is 12.1 Å². The number of halogens is 2. The van der Waals surface area contributed by atoms with Gasteiger partial charge in [0, 0.05) is 50.7 Å². The number of nitrogens with one attached hydrogen (secondary N) is 2. The fourth-order valence-electron chi connectivity index (χ4n) is 4.12. The van der Waals surface area contributed by atoms with E-state index in [4.69, 9.17) is 4.42 Å². The Morgan fingerprint density at radius 3 is 2.73 bits per heavy atom. The number of aromatic amines is 1. The van der Waals surface area contributed by atoms with Crippen molar-refractivity contribution in [3.05, 3.63) is 64.0 Å². The van der Waals surface area contributed by atoms with Gasteiger partial charge in [0.2, 0.25) is 11.5 Å². The number of fused-ring (bicyclic) bond motifs is 3.